The molecule has 1 aromatic carbocycles. The summed E-state index contributed by atoms with van der Waals surface area (Å²) in [7, 11) is 0. The molecular weight excluding hydrogens is 189 g/mol. The molecule has 0 aromatic heterocycles. The molecule has 72 valence electrons. The first kappa shape index (κ1) is 10.5. The highest BCUT2D eigenvalue weighted by atomic mass is 35.5. The zero-order chi connectivity index (χ0) is 9.84. The average molecular weight is 202 g/mol. The zero-order valence-electron chi connectivity index (χ0n) is 7.77. The highest BCUT2D eigenvalue weighted by Gasteiger charge is 2.02. The molecule has 0 aliphatic rings. The second kappa shape index (κ2) is 4.58. The fraction of sp³-hybridized carbons (Fsp3) is 0.400. The normalized spacial score (nSPS) is 10.8. The molecule has 0 bridgehead atoms. The molecule has 0 fully saturated rings. The van der Waals surface area contributed by atoms with Crippen LogP contribution < -0.4 is 5.32 Å². The average Bonchev–Trinajstić information content (AvgIpc) is 2.06. The van der Waals surface area contributed by atoms with Crippen molar-refractivity contribution < 1.29 is 4.39 Å². The number of halogens is 2. The molecular formula is C10H13ClFN. The van der Waals surface area contributed by atoms with Crippen molar-refractivity contribution in [2.24, 2.45) is 0 Å². The second-order valence-corrected chi connectivity index (χ2v) is 3.71. The predicted molar refractivity (Wildman–Crippen MR) is 53.4 cm³/mol. The lowest BCUT2D eigenvalue weighted by Crippen LogP contribution is -2.22. The quantitative estimate of drug-likeness (QED) is 0.793. The highest BCUT2D eigenvalue weighted by molar-refractivity contribution is 6.30. The molecule has 0 heterocycles. The summed E-state index contributed by atoms with van der Waals surface area (Å²) < 4.78 is 13.1. The topological polar surface area (TPSA) is 12.0 Å². The Kier molecular flexibility index (Phi) is 3.70. The Morgan fingerprint density at radius 1 is 1.46 bits per heavy atom. The van der Waals surface area contributed by atoms with Crippen molar-refractivity contribution in [2.75, 3.05) is 0 Å². The zero-order valence-corrected chi connectivity index (χ0v) is 8.53. The van der Waals surface area contributed by atoms with Crippen LogP contribution >= 0.6 is 11.6 Å². The molecule has 13 heavy (non-hydrogen) atoms. The molecule has 0 atom stereocenters. The minimum atomic E-state index is -0.211. The van der Waals surface area contributed by atoms with Gasteiger partial charge in [-0.15, -0.1) is 0 Å². The fourth-order valence-electron chi connectivity index (χ4n) is 0.993. The van der Waals surface area contributed by atoms with E-state index < -0.39 is 0 Å². The van der Waals surface area contributed by atoms with E-state index in [1.807, 2.05) is 13.8 Å². The van der Waals surface area contributed by atoms with Gasteiger partial charge < -0.3 is 5.32 Å². The van der Waals surface area contributed by atoms with Gasteiger partial charge in [0.25, 0.3) is 0 Å². The van der Waals surface area contributed by atoms with Gasteiger partial charge in [-0.2, -0.15) is 0 Å². The summed E-state index contributed by atoms with van der Waals surface area (Å²) >= 11 is 5.74. The van der Waals surface area contributed by atoms with Gasteiger partial charge in [0.1, 0.15) is 5.82 Å². The first-order valence-electron chi connectivity index (χ1n) is 4.27. The maximum absolute atomic E-state index is 13.1. The predicted octanol–water partition coefficient (Wildman–Crippen LogP) is 2.98. The molecule has 0 spiro atoms. The van der Waals surface area contributed by atoms with Crippen LogP contribution in [0.15, 0.2) is 18.2 Å². The van der Waals surface area contributed by atoms with Crippen molar-refractivity contribution in [3.05, 3.63) is 34.6 Å². The third-order valence-electron chi connectivity index (χ3n) is 1.71. The van der Waals surface area contributed by atoms with Crippen LogP contribution in [0.5, 0.6) is 0 Å². The Morgan fingerprint density at radius 2 is 2.15 bits per heavy atom. The number of hydrogen-bond donors (Lipinski definition) is 1. The summed E-state index contributed by atoms with van der Waals surface area (Å²) in [6.07, 6.45) is 0. The third-order valence-corrected chi connectivity index (χ3v) is 1.94. The molecule has 0 saturated carbocycles. The smallest absolute Gasteiger partial charge is 0.127 e. The lowest BCUT2D eigenvalue weighted by atomic mass is 10.2. The number of hydrogen-bond acceptors (Lipinski definition) is 1. The number of nitrogens with one attached hydrogen (secondary N) is 1. The molecule has 1 aromatic rings. The first-order chi connectivity index (χ1) is 6.09. The van der Waals surface area contributed by atoms with Crippen LogP contribution in [-0.4, -0.2) is 6.04 Å². The Morgan fingerprint density at radius 3 is 2.77 bits per heavy atom. The lowest BCUT2D eigenvalue weighted by Gasteiger charge is -2.08. The van der Waals surface area contributed by atoms with Crippen LogP contribution in [0.3, 0.4) is 0 Å². The van der Waals surface area contributed by atoms with Crippen molar-refractivity contribution >= 4 is 11.6 Å². The largest absolute Gasteiger partial charge is 0.310 e. The van der Waals surface area contributed by atoms with E-state index in [-0.39, 0.29) is 5.82 Å². The molecule has 0 radical (unpaired) electrons. The van der Waals surface area contributed by atoms with Crippen molar-refractivity contribution in [1.82, 2.24) is 5.32 Å². The molecule has 0 aliphatic carbocycles. The summed E-state index contributed by atoms with van der Waals surface area (Å²) in [6, 6.07) is 4.93. The molecule has 0 amide bonds. The maximum atomic E-state index is 13.1. The van der Waals surface area contributed by atoms with Crippen LogP contribution in [0.2, 0.25) is 5.02 Å². The van der Waals surface area contributed by atoms with Crippen LogP contribution in [0.4, 0.5) is 4.39 Å². The third kappa shape index (κ3) is 3.33. The van der Waals surface area contributed by atoms with Crippen molar-refractivity contribution in [3.8, 4) is 0 Å². The van der Waals surface area contributed by atoms with Crippen molar-refractivity contribution in [1.29, 1.82) is 0 Å². The summed E-state index contributed by atoms with van der Waals surface area (Å²) in [5, 5.41) is 3.70. The van der Waals surface area contributed by atoms with Gasteiger partial charge >= 0.3 is 0 Å². The molecule has 1 rings (SSSR count). The molecule has 0 aliphatic heterocycles. The number of benzene rings is 1. The highest BCUT2D eigenvalue weighted by Crippen LogP contribution is 2.14. The van der Waals surface area contributed by atoms with Gasteiger partial charge in [-0.25, -0.2) is 4.39 Å². The van der Waals surface area contributed by atoms with Gasteiger partial charge in [0.05, 0.1) is 0 Å². The Balaban J connectivity index is 2.70. The Labute approximate surface area is 82.9 Å². The van der Waals surface area contributed by atoms with Gasteiger partial charge in [0.2, 0.25) is 0 Å². The monoisotopic (exact) mass is 201 g/mol. The second-order valence-electron chi connectivity index (χ2n) is 3.27. The van der Waals surface area contributed by atoms with Crippen LogP contribution in [-0.2, 0) is 6.54 Å². The van der Waals surface area contributed by atoms with E-state index in [4.69, 9.17) is 11.6 Å². The van der Waals surface area contributed by atoms with Crippen LogP contribution in [0.25, 0.3) is 0 Å². The van der Waals surface area contributed by atoms with Crippen LogP contribution in [0.1, 0.15) is 19.4 Å². The van der Waals surface area contributed by atoms with E-state index in [2.05, 4.69) is 5.32 Å². The summed E-state index contributed by atoms with van der Waals surface area (Å²) in [4.78, 5) is 0. The fourth-order valence-corrected chi connectivity index (χ4v) is 1.19. The van der Waals surface area contributed by atoms with Gasteiger partial charge in [-0.05, 0) is 18.2 Å². The van der Waals surface area contributed by atoms with E-state index >= 15 is 0 Å². The standard InChI is InChI=1S/C10H13ClFN/c1-7(2)13-6-8-5-9(11)3-4-10(8)12/h3-5,7,13H,6H2,1-2H3. The molecule has 0 saturated heterocycles. The molecule has 3 heteroatoms. The summed E-state index contributed by atoms with van der Waals surface area (Å²) in [6.45, 7) is 4.55. The van der Waals surface area contributed by atoms with E-state index in [9.17, 15) is 4.39 Å². The first-order valence-corrected chi connectivity index (χ1v) is 4.64. The Hall–Kier alpha value is -0.600. The van der Waals surface area contributed by atoms with E-state index in [1.54, 1.807) is 12.1 Å². The minimum Gasteiger partial charge on any atom is -0.310 e. The van der Waals surface area contributed by atoms with Gasteiger partial charge in [-0.3, -0.25) is 0 Å². The van der Waals surface area contributed by atoms with Gasteiger partial charge in [0, 0.05) is 23.2 Å². The molecule has 1 nitrogen and oxygen atoms in total. The maximum Gasteiger partial charge on any atom is 0.127 e. The minimum absolute atomic E-state index is 0.211. The number of rotatable bonds is 3. The van der Waals surface area contributed by atoms with Gasteiger partial charge in [0.15, 0.2) is 0 Å². The van der Waals surface area contributed by atoms with Crippen LogP contribution in [0, 0.1) is 5.82 Å². The van der Waals surface area contributed by atoms with Gasteiger partial charge in [-0.1, -0.05) is 25.4 Å². The van der Waals surface area contributed by atoms with E-state index in [0.29, 0.717) is 23.2 Å². The van der Waals surface area contributed by atoms with E-state index in [1.165, 1.54) is 6.07 Å². The van der Waals surface area contributed by atoms with E-state index in [0.717, 1.165) is 0 Å². The molecule has 1 N–H and O–H groups in total. The molecule has 0 unspecified atom stereocenters. The Bertz CT molecular complexity index is 286. The van der Waals surface area contributed by atoms with Crippen molar-refractivity contribution in [2.45, 2.75) is 26.4 Å². The summed E-state index contributed by atoms with van der Waals surface area (Å²) in [5.41, 5.74) is 0.612. The van der Waals surface area contributed by atoms with Crippen molar-refractivity contribution in [3.63, 3.8) is 0 Å². The lowest BCUT2D eigenvalue weighted by molar-refractivity contribution is 0.553. The summed E-state index contributed by atoms with van der Waals surface area (Å²) in [5.74, 6) is -0.211. The SMILES string of the molecule is CC(C)NCc1cc(Cl)ccc1F.